The Labute approximate surface area is 267 Å². The van der Waals surface area contributed by atoms with Gasteiger partial charge in [-0.2, -0.15) is 0 Å². The van der Waals surface area contributed by atoms with Crippen molar-refractivity contribution in [2.45, 2.75) is 137 Å². The maximum absolute atomic E-state index is 11.9. The molecule has 274 valence electrons. The average Bonchev–Trinajstić information content (AvgIpc) is 3.03. The van der Waals surface area contributed by atoms with E-state index in [0.717, 1.165) is 6.92 Å². The van der Waals surface area contributed by atoms with Crippen molar-refractivity contribution in [2.75, 3.05) is 19.8 Å². The molecule has 4 heterocycles. The predicted octanol–water partition coefficient (Wildman–Crippen LogP) is -8.58. The Morgan fingerprint density at radius 2 is 1.02 bits per heavy atom. The zero-order chi connectivity index (χ0) is 34.9. The van der Waals surface area contributed by atoms with Crippen LogP contribution < -0.4 is 5.32 Å². The molecule has 4 aliphatic heterocycles. The second kappa shape index (κ2) is 16.2. The van der Waals surface area contributed by atoms with E-state index in [4.69, 9.17) is 33.2 Å². The van der Waals surface area contributed by atoms with Gasteiger partial charge < -0.3 is 99.8 Å². The van der Waals surface area contributed by atoms with Crippen LogP contribution >= 0.6 is 0 Å². The van der Waals surface area contributed by atoms with Gasteiger partial charge in [-0.15, -0.1) is 0 Å². The molecule has 21 heteroatoms. The van der Waals surface area contributed by atoms with Crippen molar-refractivity contribution in [3.8, 4) is 0 Å². The molecule has 0 aliphatic carbocycles. The lowest BCUT2D eigenvalue weighted by Crippen LogP contribution is -2.68. The Morgan fingerprint density at radius 1 is 0.553 bits per heavy atom. The number of hydrogen-bond donors (Lipinski definition) is 13. The molecule has 0 saturated carbocycles. The van der Waals surface area contributed by atoms with Crippen molar-refractivity contribution in [1.82, 2.24) is 5.32 Å². The van der Waals surface area contributed by atoms with Crippen LogP contribution in [-0.4, -0.2) is 210 Å². The minimum atomic E-state index is -2.02. The Hall–Kier alpha value is -1.29. The largest absolute Gasteiger partial charge is 0.394 e. The van der Waals surface area contributed by atoms with Gasteiger partial charge in [0.15, 0.2) is 25.2 Å². The molecule has 4 aliphatic rings. The van der Waals surface area contributed by atoms with Crippen LogP contribution in [0.25, 0.3) is 0 Å². The van der Waals surface area contributed by atoms with E-state index in [2.05, 4.69) is 5.32 Å². The molecular weight excluding hydrogens is 646 g/mol. The van der Waals surface area contributed by atoms with Gasteiger partial charge >= 0.3 is 0 Å². The SMILES string of the molecule is CC(=O)N[C@@H]1[C@H](O[C@@H]2[C@@H](O[C@H]3O[C@H](CO)[C@@H](O[C@H]4O[C@H](CO)[C@@H](O)[C@H](O)[C@H]4O)[C@H](O)[C@H]3O)[C@@H](O)[C@@H](O)O[C@H]2C)O[C@H](CO)[C@@H](O)[C@@H]1O. The summed E-state index contributed by atoms with van der Waals surface area (Å²) in [5.41, 5.74) is 0. The van der Waals surface area contributed by atoms with Crippen LogP contribution in [0.5, 0.6) is 0 Å². The summed E-state index contributed by atoms with van der Waals surface area (Å²) < 4.78 is 39.0. The Balaban J connectivity index is 1.53. The number of carbonyl (C=O) groups is 1. The number of aliphatic hydroxyl groups excluding tert-OH is 12. The first-order valence-corrected chi connectivity index (χ1v) is 15.0. The van der Waals surface area contributed by atoms with Crippen molar-refractivity contribution >= 4 is 5.91 Å². The van der Waals surface area contributed by atoms with Gasteiger partial charge in [0.05, 0.1) is 25.9 Å². The molecule has 4 rings (SSSR count). The molecule has 1 amide bonds. The van der Waals surface area contributed by atoms with Gasteiger partial charge in [0.2, 0.25) is 5.91 Å². The average molecular weight is 692 g/mol. The van der Waals surface area contributed by atoms with Crippen molar-refractivity contribution in [3.05, 3.63) is 0 Å². The van der Waals surface area contributed by atoms with Gasteiger partial charge in [0, 0.05) is 6.92 Å². The molecule has 0 aromatic rings. The fraction of sp³-hybridized carbons (Fsp3) is 0.962. The third-order valence-electron chi connectivity index (χ3n) is 8.56. The van der Waals surface area contributed by atoms with E-state index in [0.29, 0.717) is 0 Å². The second-order valence-electron chi connectivity index (χ2n) is 11.9. The number of nitrogens with one attached hydrogen (secondary N) is 1. The Kier molecular flexibility index (Phi) is 13.2. The van der Waals surface area contributed by atoms with E-state index in [-0.39, 0.29) is 0 Å². The zero-order valence-corrected chi connectivity index (χ0v) is 25.3. The molecule has 20 atom stereocenters. The topological polar surface area (TPSA) is 336 Å². The van der Waals surface area contributed by atoms with Gasteiger partial charge in [-0.1, -0.05) is 0 Å². The summed E-state index contributed by atoms with van der Waals surface area (Å²) in [5, 5.41) is 126. The summed E-state index contributed by atoms with van der Waals surface area (Å²) in [6.45, 7) is 0.0614. The fourth-order valence-electron chi connectivity index (χ4n) is 5.91. The van der Waals surface area contributed by atoms with E-state index in [1.807, 2.05) is 0 Å². The van der Waals surface area contributed by atoms with Crippen molar-refractivity contribution in [3.63, 3.8) is 0 Å². The summed E-state index contributed by atoms with van der Waals surface area (Å²) in [6, 6.07) is -1.42. The molecule has 4 saturated heterocycles. The lowest BCUT2D eigenvalue weighted by molar-refractivity contribution is -0.387. The summed E-state index contributed by atoms with van der Waals surface area (Å²) in [6.07, 6.45) is -32.1. The van der Waals surface area contributed by atoms with E-state index in [1.54, 1.807) is 0 Å². The summed E-state index contributed by atoms with van der Waals surface area (Å²) in [7, 11) is 0. The van der Waals surface area contributed by atoms with E-state index in [1.165, 1.54) is 6.92 Å². The number of rotatable bonds is 10. The molecule has 47 heavy (non-hydrogen) atoms. The van der Waals surface area contributed by atoms with Gasteiger partial charge in [-0.05, 0) is 6.92 Å². The van der Waals surface area contributed by atoms with Gasteiger partial charge in [0.1, 0.15) is 91.5 Å². The molecule has 4 fully saturated rings. The number of aliphatic hydroxyl groups is 12. The highest BCUT2D eigenvalue weighted by Gasteiger charge is 2.55. The lowest BCUT2D eigenvalue weighted by atomic mass is 9.95. The van der Waals surface area contributed by atoms with Crippen molar-refractivity contribution in [1.29, 1.82) is 0 Å². The Bertz CT molecular complexity index is 1010. The zero-order valence-electron chi connectivity index (χ0n) is 25.3. The quantitative estimate of drug-likeness (QED) is 0.101. The number of ether oxygens (including phenoxy) is 7. The molecule has 13 N–H and O–H groups in total. The minimum Gasteiger partial charge on any atom is -0.394 e. The predicted molar refractivity (Wildman–Crippen MR) is 144 cm³/mol. The van der Waals surface area contributed by atoms with E-state index in [9.17, 15) is 66.1 Å². The highest BCUT2D eigenvalue weighted by Crippen LogP contribution is 2.34. The fourth-order valence-corrected chi connectivity index (χ4v) is 5.91. The van der Waals surface area contributed by atoms with Crippen LogP contribution in [0.4, 0.5) is 0 Å². The maximum atomic E-state index is 11.9. The molecule has 0 aromatic heterocycles. The first kappa shape index (κ1) is 38.5. The summed E-state index contributed by atoms with van der Waals surface area (Å²) in [4.78, 5) is 11.9. The molecule has 0 aromatic carbocycles. The summed E-state index contributed by atoms with van der Waals surface area (Å²) >= 11 is 0. The highest BCUT2D eigenvalue weighted by molar-refractivity contribution is 5.73. The van der Waals surface area contributed by atoms with Crippen molar-refractivity contribution in [2.24, 2.45) is 0 Å². The van der Waals surface area contributed by atoms with Crippen LogP contribution in [0.1, 0.15) is 13.8 Å². The molecule has 0 radical (unpaired) electrons. The van der Waals surface area contributed by atoms with Crippen LogP contribution in [0.15, 0.2) is 0 Å². The monoisotopic (exact) mass is 691 g/mol. The Morgan fingerprint density at radius 3 is 1.57 bits per heavy atom. The van der Waals surface area contributed by atoms with Gasteiger partial charge in [-0.3, -0.25) is 4.79 Å². The number of amides is 1. The lowest BCUT2D eigenvalue weighted by Gasteiger charge is -2.49. The highest BCUT2D eigenvalue weighted by atomic mass is 16.8. The molecule has 21 nitrogen and oxygen atoms in total. The van der Waals surface area contributed by atoms with Crippen LogP contribution in [0.2, 0.25) is 0 Å². The maximum Gasteiger partial charge on any atom is 0.217 e. The first-order chi connectivity index (χ1) is 22.1. The van der Waals surface area contributed by atoms with Crippen LogP contribution in [-0.2, 0) is 38.0 Å². The molecule has 0 bridgehead atoms. The second-order valence-corrected chi connectivity index (χ2v) is 11.9. The van der Waals surface area contributed by atoms with E-state index >= 15 is 0 Å². The van der Waals surface area contributed by atoms with Crippen LogP contribution in [0.3, 0.4) is 0 Å². The standard InChI is InChI=1S/C26H45NO20/c1-6-20(45-24-11(27-7(2)31)14(34)12(32)8(3-28)42-24)22(19(39)23(40)41-6)47-26-18(38)16(36)21(10(5-30)44-26)46-25-17(37)15(35)13(33)9(4-29)43-25/h6,8-26,28-30,32-40H,3-5H2,1-2H3,(H,27,31)/t6-,8+,9+,10+,11-,12+,13+,14+,15-,16+,17+,18+,19+,20-,21+,22-,23-,24-,25+,26+/m0/s1. The van der Waals surface area contributed by atoms with Gasteiger partial charge in [-0.25, -0.2) is 0 Å². The molecule has 0 spiro atoms. The molecular formula is C26H45NO20. The smallest absolute Gasteiger partial charge is 0.217 e. The normalized spacial score (nSPS) is 51.0. The third-order valence-corrected chi connectivity index (χ3v) is 8.56. The first-order valence-electron chi connectivity index (χ1n) is 15.0. The number of carbonyl (C=O) groups excluding carboxylic acids is 1. The van der Waals surface area contributed by atoms with Crippen molar-refractivity contribution < 1.29 is 99.2 Å². The van der Waals surface area contributed by atoms with E-state index < -0.39 is 148 Å². The third kappa shape index (κ3) is 8.04. The number of hydrogen-bond acceptors (Lipinski definition) is 20. The minimum absolute atomic E-state index is 0.652. The molecule has 0 unspecified atom stereocenters. The van der Waals surface area contributed by atoms with Gasteiger partial charge in [0.25, 0.3) is 0 Å². The van der Waals surface area contributed by atoms with Crippen LogP contribution in [0, 0.1) is 0 Å². The summed E-state index contributed by atoms with van der Waals surface area (Å²) in [5.74, 6) is -0.652.